The zero-order valence-electron chi connectivity index (χ0n) is 33.2. The fourth-order valence-electron chi connectivity index (χ4n) is 3.44. The molecule has 0 bridgehead atoms. The van der Waals surface area contributed by atoms with Gasteiger partial charge in [-0.25, -0.2) is 9.67 Å². The van der Waals surface area contributed by atoms with Crippen LogP contribution in [0.25, 0.3) is 28.3 Å². The first-order valence-corrected chi connectivity index (χ1v) is 10.8. The summed E-state index contributed by atoms with van der Waals surface area (Å²) in [6.45, 7) is -23.7. The van der Waals surface area contributed by atoms with Crippen LogP contribution in [0.5, 0.6) is 5.75 Å². The Labute approximate surface area is 232 Å². The minimum absolute atomic E-state index is 0.108. The summed E-state index contributed by atoms with van der Waals surface area (Å²) in [4.78, 5) is 8.92. The van der Waals surface area contributed by atoms with E-state index in [1.807, 2.05) is 0 Å². The number of furan rings is 1. The van der Waals surface area contributed by atoms with Crippen LogP contribution in [0.15, 0.2) is 53.3 Å². The molecule has 1 aliphatic rings. The molecule has 1 aromatic carbocycles. The molecule has 0 spiro atoms. The Morgan fingerprint density at radius 2 is 1.92 bits per heavy atom. The molecule has 37 heavy (non-hydrogen) atoms. The van der Waals surface area contributed by atoms with Gasteiger partial charge in [-0.2, -0.15) is 14.6 Å². The number of ether oxygens (including phenoxy) is 2. The summed E-state index contributed by atoms with van der Waals surface area (Å²) in [7, 11) is 0.931. The largest absolute Gasteiger partial charge is 0.491 e. The van der Waals surface area contributed by atoms with Crippen LogP contribution in [0, 0.1) is 0 Å². The van der Waals surface area contributed by atoms with E-state index in [9.17, 15) is 0 Å². The van der Waals surface area contributed by atoms with Gasteiger partial charge in [0.05, 0.1) is 44.6 Å². The van der Waals surface area contributed by atoms with Crippen LogP contribution < -0.4 is 15.4 Å². The summed E-state index contributed by atoms with van der Waals surface area (Å²) in [5.41, 5.74) is 5.63. The number of nitrogen functional groups attached to an aromatic ring is 1. The predicted octanol–water partition coefficient (Wildman–Crippen LogP) is 2.16. The number of nitrogens with two attached hydrogens (primary N) is 1. The van der Waals surface area contributed by atoms with Crippen molar-refractivity contribution in [2.75, 3.05) is 63.4 Å². The maximum absolute atomic E-state index is 8.89. The van der Waals surface area contributed by atoms with Crippen molar-refractivity contribution < 1.29 is 33.1 Å². The first-order valence-electron chi connectivity index (χ1n) is 17.8. The molecule has 0 unspecified atom stereocenters. The second-order valence-electron chi connectivity index (χ2n) is 7.44. The summed E-state index contributed by atoms with van der Waals surface area (Å²) >= 11 is 0. The molecule has 0 saturated carbocycles. The molecule has 192 valence electrons. The van der Waals surface area contributed by atoms with Crippen LogP contribution in [0.2, 0.25) is 0 Å². The zero-order chi connectivity index (χ0) is 37.7. The van der Waals surface area contributed by atoms with Crippen molar-refractivity contribution >= 4 is 28.3 Å². The molecule has 4 aromatic heterocycles. The van der Waals surface area contributed by atoms with Gasteiger partial charge in [0.1, 0.15) is 12.3 Å². The fourth-order valence-corrected chi connectivity index (χ4v) is 3.44. The van der Waals surface area contributed by atoms with Gasteiger partial charge in [0.25, 0.3) is 0 Å². The average Bonchev–Trinajstić information content (AvgIpc) is 3.80. The van der Waals surface area contributed by atoms with Gasteiger partial charge in [0.15, 0.2) is 17.1 Å². The normalized spacial score (nSPS) is 26.9. The second-order valence-corrected chi connectivity index (χ2v) is 7.44. The molecule has 0 aliphatic carbocycles. The van der Waals surface area contributed by atoms with E-state index in [0.29, 0.717) is 10.4 Å². The van der Waals surface area contributed by atoms with Crippen LogP contribution in [-0.4, -0.2) is 87.0 Å². The van der Waals surface area contributed by atoms with Gasteiger partial charge in [-0.05, 0) is 36.4 Å². The molecule has 5 heterocycles. The van der Waals surface area contributed by atoms with E-state index in [4.69, 9.17) is 34.1 Å². The monoisotopic (exact) mass is 517 g/mol. The lowest BCUT2D eigenvalue weighted by Crippen LogP contribution is -2.47. The number of hydrogen-bond donors (Lipinski definition) is 1. The Hall–Kier alpha value is -4.16. The molecule has 1 fully saturated rings. The first-order chi connectivity index (χ1) is 23.4. The van der Waals surface area contributed by atoms with Gasteiger partial charge in [0, 0.05) is 50.8 Å². The Morgan fingerprint density at radius 1 is 1.08 bits per heavy atom. The summed E-state index contributed by atoms with van der Waals surface area (Å²) < 4.78 is 136. The molecule has 5 aromatic rings. The molecule has 0 radical (unpaired) electrons. The van der Waals surface area contributed by atoms with Crippen molar-refractivity contribution in [3.8, 4) is 17.3 Å². The minimum atomic E-state index is -3.44. The third-order valence-electron chi connectivity index (χ3n) is 5.15. The van der Waals surface area contributed by atoms with Gasteiger partial charge in [-0.15, -0.1) is 5.10 Å². The first kappa shape index (κ1) is 12.4. The van der Waals surface area contributed by atoms with Crippen molar-refractivity contribution in [3.05, 3.63) is 48.9 Å². The highest BCUT2D eigenvalue weighted by atomic mass is 16.5. The average molecular weight is 518 g/mol. The SMILES string of the molecule is [2H]C([2H])(CN1C([2H])([2H])C([2H])([2H])N(c2ccc(OC([2H])([2H])C([2H])([2H])OC)cc2)C([2H])([2H])C1([2H])[2H])n1ncc2c1nc(N)n1nc(-c3ccco3)nc21. The van der Waals surface area contributed by atoms with Gasteiger partial charge < -0.3 is 24.5 Å². The lowest BCUT2D eigenvalue weighted by molar-refractivity contribution is 0.146. The number of nitrogens with zero attached hydrogens (tertiary/aromatic N) is 8. The highest BCUT2D eigenvalue weighted by Gasteiger charge is 2.20. The molecule has 0 amide bonds. The minimum Gasteiger partial charge on any atom is -0.491 e. The summed E-state index contributed by atoms with van der Waals surface area (Å²) in [5, 5.41) is 8.47. The maximum atomic E-state index is 8.89. The van der Waals surface area contributed by atoms with Crippen molar-refractivity contribution in [2.24, 2.45) is 0 Å². The summed E-state index contributed by atoms with van der Waals surface area (Å²) in [6, 6.07) is 7.32. The fraction of sp³-hybridized carbons (Fsp3) is 0.360. The van der Waals surface area contributed by atoms with Gasteiger partial charge in [-0.3, -0.25) is 4.90 Å². The third kappa shape index (κ3) is 4.68. The third-order valence-corrected chi connectivity index (χ3v) is 5.15. The lowest BCUT2D eigenvalue weighted by atomic mass is 10.2. The number of anilines is 2. The smallest absolute Gasteiger partial charge is 0.225 e. The van der Waals surface area contributed by atoms with E-state index in [1.165, 1.54) is 17.0 Å². The van der Waals surface area contributed by atoms with Gasteiger partial charge >= 0.3 is 0 Å². The molecule has 1 aliphatic heterocycles. The number of piperazine rings is 1. The highest BCUT2D eigenvalue weighted by Crippen LogP contribution is 2.24. The van der Waals surface area contributed by atoms with E-state index in [0.717, 1.165) is 31.4 Å². The van der Waals surface area contributed by atoms with Crippen molar-refractivity contribution in [2.45, 2.75) is 6.50 Å². The number of rotatable bonds is 9. The number of hydrogen-bond acceptors (Lipinski definition) is 10. The standard InChI is InChI=1S/C25H29N9O3/c1-35-15-16-36-19-6-4-18(5-7-19)32-11-8-31(9-12-32)10-13-33-23-20(17-27-33)24-28-22(21-3-2-14-37-21)30-34(24)25(26)29-23/h2-7,14,17H,8-13,15-16H2,1H3,(H2,26,29)/i8D2,9D2,11D2,12D2,13D2,15D2,16D2. The summed E-state index contributed by atoms with van der Waals surface area (Å²) in [5.74, 6) is -0.0841. The quantitative estimate of drug-likeness (QED) is 0.311. The molecule has 6 rings (SSSR count). The van der Waals surface area contributed by atoms with Crippen molar-refractivity contribution in [1.82, 2.24) is 34.3 Å². The van der Waals surface area contributed by atoms with E-state index in [1.54, 1.807) is 12.1 Å². The van der Waals surface area contributed by atoms with E-state index in [-0.39, 0.29) is 44.0 Å². The molecule has 12 heteroatoms. The number of methoxy groups -OCH3 is 1. The zero-order valence-corrected chi connectivity index (χ0v) is 19.2. The molecular formula is C25H29N9O3. The van der Waals surface area contributed by atoms with Gasteiger partial charge in [-0.1, -0.05) is 0 Å². The van der Waals surface area contributed by atoms with Crippen LogP contribution in [0.3, 0.4) is 0 Å². The van der Waals surface area contributed by atoms with Gasteiger partial charge in [0.2, 0.25) is 11.8 Å². The van der Waals surface area contributed by atoms with Crippen LogP contribution in [0.1, 0.15) is 19.2 Å². The molecular weight excluding hydrogens is 474 g/mol. The number of aromatic nitrogens is 6. The molecule has 2 N–H and O–H groups in total. The topological polar surface area (TPSA) is 125 Å². The lowest BCUT2D eigenvalue weighted by Gasteiger charge is -2.36. The van der Waals surface area contributed by atoms with Crippen LogP contribution >= 0.6 is 0 Å². The van der Waals surface area contributed by atoms with Crippen LogP contribution in [-0.2, 0) is 11.2 Å². The number of benzene rings is 1. The van der Waals surface area contributed by atoms with Crippen molar-refractivity contribution in [3.63, 3.8) is 0 Å². The second kappa shape index (κ2) is 10.1. The Balaban J connectivity index is 1.35. The number of fused-ring (bicyclic) bond motifs is 3. The molecule has 0 atom stereocenters. The van der Waals surface area contributed by atoms with E-state index < -0.39 is 57.8 Å². The maximum Gasteiger partial charge on any atom is 0.225 e. The van der Waals surface area contributed by atoms with Crippen LogP contribution in [0.4, 0.5) is 11.6 Å². The Kier molecular flexibility index (Phi) is 3.37. The highest BCUT2D eigenvalue weighted by molar-refractivity contribution is 5.90. The Morgan fingerprint density at radius 3 is 2.68 bits per heavy atom. The predicted molar refractivity (Wildman–Crippen MR) is 139 cm³/mol. The summed E-state index contributed by atoms with van der Waals surface area (Å²) in [6.07, 6.45) is 2.60. The molecule has 1 saturated heterocycles. The Bertz CT molecular complexity index is 2060. The van der Waals surface area contributed by atoms with Crippen molar-refractivity contribution in [1.29, 1.82) is 0 Å². The van der Waals surface area contributed by atoms with E-state index in [2.05, 4.69) is 24.9 Å². The van der Waals surface area contributed by atoms with E-state index >= 15 is 0 Å². The molecule has 12 nitrogen and oxygen atoms in total.